The van der Waals surface area contributed by atoms with E-state index in [2.05, 4.69) is 16.0 Å². The molecule has 0 bridgehead atoms. The van der Waals surface area contributed by atoms with E-state index >= 15 is 0 Å². The molecule has 1 N–H and O–H groups in total. The molecule has 0 fully saturated rings. The van der Waals surface area contributed by atoms with Crippen molar-refractivity contribution in [3.63, 3.8) is 0 Å². The van der Waals surface area contributed by atoms with E-state index in [0.29, 0.717) is 36.8 Å². The number of hydrogen-bond acceptors (Lipinski definition) is 6. The number of para-hydroxylation sites is 2. The van der Waals surface area contributed by atoms with Gasteiger partial charge in [0, 0.05) is 23.5 Å². The lowest BCUT2D eigenvalue weighted by Crippen LogP contribution is -2.26. The van der Waals surface area contributed by atoms with Crippen molar-refractivity contribution in [2.45, 2.75) is 13.8 Å². The van der Waals surface area contributed by atoms with E-state index < -0.39 is 0 Å². The molecule has 1 aromatic carbocycles. The maximum Gasteiger partial charge on any atom is 0.238 e. The molecule has 0 amide bonds. The van der Waals surface area contributed by atoms with Gasteiger partial charge >= 0.3 is 0 Å². The minimum Gasteiger partial charge on any atom is -0.435 e. The van der Waals surface area contributed by atoms with Crippen molar-refractivity contribution < 1.29 is 14.3 Å². The average molecular weight is 351 g/mol. The summed E-state index contributed by atoms with van der Waals surface area (Å²) in [4.78, 5) is 6.55. The zero-order valence-electron chi connectivity index (χ0n) is 14.9. The zero-order valence-corrected chi connectivity index (χ0v) is 14.9. The van der Waals surface area contributed by atoms with Gasteiger partial charge in [-0.3, -0.25) is 0 Å². The van der Waals surface area contributed by atoms with Gasteiger partial charge in [-0.05, 0) is 38.1 Å². The van der Waals surface area contributed by atoms with Crippen LogP contribution in [-0.2, 0) is 4.74 Å². The Hall–Kier alpha value is -2.88. The summed E-state index contributed by atoms with van der Waals surface area (Å²) in [5, 5.41) is 18.5. The SMILES string of the molecule is CC1=CC(=C(C#N)c2nc3ccccc3o2)C=C(C)N1CCOCCO. The molecule has 0 saturated carbocycles. The van der Waals surface area contributed by atoms with Crippen molar-refractivity contribution in [3.8, 4) is 6.07 Å². The van der Waals surface area contributed by atoms with Gasteiger partial charge in [-0.25, -0.2) is 4.98 Å². The molecule has 0 atom stereocenters. The number of benzene rings is 1. The second-order valence-corrected chi connectivity index (χ2v) is 5.99. The van der Waals surface area contributed by atoms with Gasteiger partial charge in [0.1, 0.15) is 17.2 Å². The molecule has 6 heteroatoms. The minimum atomic E-state index is 0.0204. The Morgan fingerprint density at radius 3 is 2.62 bits per heavy atom. The van der Waals surface area contributed by atoms with Crippen molar-refractivity contribution in [2.75, 3.05) is 26.4 Å². The molecule has 1 aromatic heterocycles. The van der Waals surface area contributed by atoms with Gasteiger partial charge in [-0.2, -0.15) is 5.26 Å². The van der Waals surface area contributed by atoms with Crippen molar-refractivity contribution >= 4 is 16.7 Å². The Bertz CT molecular complexity index is 876. The molecule has 6 nitrogen and oxygen atoms in total. The van der Waals surface area contributed by atoms with Crippen LogP contribution < -0.4 is 0 Å². The van der Waals surface area contributed by atoms with E-state index in [9.17, 15) is 5.26 Å². The van der Waals surface area contributed by atoms with Gasteiger partial charge in [0.2, 0.25) is 5.89 Å². The van der Waals surface area contributed by atoms with Crippen LogP contribution in [0.15, 0.2) is 57.8 Å². The normalized spacial score (nSPS) is 14.2. The molecule has 134 valence electrons. The van der Waals surface area contributed by atoms with Crippen LogP contribution in [0.3, 0.4) is 0 Å². The van der Waals surface area contributed by atoms with E-state index in [-0.39, 0.29) is 6.61 Å². The maximum atomic E-state index is 9.67. The molecule has 0 saturated heterocycles. The average Bonchev–Trinajstić information content (AvgIpc) is 3.04. The highest BCUT2D eigenvalue weighted by Crippen LogP contribution is 2.29. The number of hydrogen-bond donors (Lipinski definition) is 1. The third-order valence-electron chi connectivity index (χ3n) is 4.18. The second kappa shape index (κ2) is 8.00. The van der Waals surface area contributed by atoms with Crippen molar-refractivity contribution in [3.05, 3.63) is 59.3 Å². The number of allylic oxidation sites excluding steroid dienone is 6. The molecule has 0 radical (unpaired) electrons. The monoisotopic (exact) mass is 351 g/mol. The van der Waals surface area contributed by atoms with Crippen LogP contribution in [0.5, 0.6) is 0 Å². The molecule has 0 spiro atoms. The number of rotatable bonds is 6. The maximum absolute atomic E-state index is 9.67. The number of nitriles is 1. The highest BCUT2D eigenvalue weighted by atomic mass is 16.5. The lowest BCUT2D eigenvalue weighted by atomic mass is 10.0. The predicted molar refractivity (Wildman–Crippen MR) is 98.7 cm³/mol. The summed E-state index contributed by atoms with van der Waals surface area (Å²) < 4.78 is 11.1. The van der Waals surface area contributed by atoms with E-state index in [1.807, 2.05) is 50.3 Å². The van der Waals surface area contributed by atoms with Crippen molar-refractivity contribution in [1.29, 1.82) is 5.26 Å². The lowest BCUT2D eigenvalue weighted by Gasteiger charge is -2.29. The fraction of sp³-hybridized carbons (Fsp3) is 0.300. The molecule has 3 rings (SSSR count). The van der Waals surface area contributed by atoms with Crippen LogP contribution >= 0.6 is 0 Å². The van der Waals surface area contributed by atoms with Crippen LogP contribution in [-0.4, -0.2) is 41.4 Å². The molecule has 26 heavy (non-hydrogen) atoms. The number of aromatic nitrogens is 1. The highest BCUT2D eigenvalue weighted by Gasteiger charge is 2.19. The number of nitrogens with zero attached hydrogens (tertiary/aromatic N) is 3. The molecule has 2 heterocycles. The number of aliphatic hydroxyl groups is 1. The van der Waals surface area contributed by atoms with Gasteiger partial charge in [-0.1, -0.05) is 12.1 Å². The van der Waals surface area contributed by atoms with E-state index in [0.717, 1.165) is 22.5 Å². The quantitative estimate of drug-likeness (QED) is 0.635. The van der Waals surface area contributed by atoms with Gasteiger partial charge in [0.05, 0.1) is 19.8 Å². The van der Waals surface area contributed by atoms with E-state index in [4.69, 9.17) is 14.3 Å². The van der Waals surface area contributed by atoms with Crippen LogP contribution in [0.1, 0.15) is 19.7 Å². The van der Waals surface area contributed by atoms with Crippen LogP contribution in [0.4, 0.5) is 0 Å². The topological polar surface area (TPSA) is 82.5 Å². The Kier molecular flexibility index (Phi) is 5.52. The first-order valence-electron chi connectivity index (χ1n) is 8.47. The smallest absolute Gasteiger partial charge is 0.238 e. The molecule has 0 unspecified atom stereocenters. The van der Waals surface area contributed by atoms with Crippen LogP contribution in [0.2, 0.25) is 0 Å². The number of oxazole rings is 1. The summed E-state index contributed by atoms with van der Waals surface area (Å²) in [5.74, 6) is 0.330. The summed E-state index contributed by atoms with van der Waals surface area (Å²) in [5.41, 5.74) is 4.61. The van der Waals surface area contributed by atoms with E-state index in [1.54, 1.807) is 0 Å². The third-order valence-corrected chi connectivity index (χ3v) is 4.18. The number of ether oxygens (including phenoxy) is 1. The predicted octanol–water partition coefficient (Wildman–Crippen LogP) is 3.24. The van der Waals surface area contributed by atoms with Gasteiger partial charge in [0.25, 0.3) is 0 Å². The third kappa shape index (κ3) is 3.69. The zero-order chi connectivity index (χ0) is 18.5. The fourth-order valence-corrected chi connectivity index (χ4v) is 2.96. The first-order valence-corrected chi connectivity index (χ1v) is 8.47. The van der Waals surface area contributed by atoms with Gasteiger partial charge in [-0.15, -0.1) is 0 Å². The number of aliphatic hydroxyl groups excluding tert-OH is 1. The summed E-state index contributed by atoms with van der Waals surface area (Å²) in [6, 6.07) is 9.69. The summed E-state index contributed by atoms with van der Waals surface area (Å²) in [7, 11) is 0. The standard InChI is InChI=1S/C20H21N3O3/c1-14-11-16(12-15(2)23(14)7-9-25-10-8-24)17(13-21)20-22-18-5-3-4-6-19(18)26-20/h3-6,11-12,24H,7-10H2,1-2H3. The van der Waals surface area contributed by atoms with Gasteiger partial charge < -0.3 is 19.2 Å². The minimum absolute atomic E-state index is 0.0204. The highest BCUT2D eigenvalue weighted by molar-refractivity contribution is 5.83. The summed E-state index contributed by atoms with van der Waals surface area (Å²) in [6.07, 6.45) is 3.90. The molecule has 1 aliphatic heterocycles. The van der Waals surface area contributed by atoms with Crippen LogP contribution in [0, 0.1) is 11.3 Å². The largest absolute Gasteiger partial charge is 0.435 e. The molecule has 1 aliphatic rings. The Balaban J connectivity index is 1.89. The first kappa shape index (κ1) is 17.9. The lowest BCUT2D eigenvalue weighted by molar-refractivity contribution is 0.0837. The summed E-state index contributed by atoms with van der Waals surface area (Å²) in [6.45, 7) is 5.54. The second-order valence-electron chi connectivity index (χ2n) is 5.99. The van der Waals surface area contributed by atoms with Crippen LogP contribution in [0.25, 0.3) is 16.7 Å². The number of fused-ring (bicyclic) bond motifs is 1. The van der Waals surface area contributed by atoms with E-state index in [1.165, 1.54) is 0 Å². The summed E-state index contributed by atoms with van der Waals surface area (Å²) >= 11 is 0. The first-order chi connectivity index (χ1) is 12.6. The molecular weight excluding hydrogens is 330 g/mol. The fourth-order valence-electron chi connectivity index (χ4n) is 2.96. The Labute approximate surface area is 152 Å². The Morgan fingerprint density at radius 2 is 1.96 bits per heavy atom. The molecule has 0 aliphatic carbocycles. The van der Waals surface area contributed by atoms with Gasteiger partial charge in [0.15, 0.2) is 5.58 Å². The molecule has 2 aromatic rings. The molecular formula is C20H21N3O3. The van der Waals surface area contributed by atoms with Crippen molar-refractivity contribution in [1.82, 2.24) is 9.88 Å². The van der Waals surface area contributed by atoms with Crippen molar-refractivity contribution in [2.24, 2.45) is 0 Å². The Morgan fingerprint density at radius 1 is 1.23 bits per heavy atom.